The van der Waals surface area contributed by atoms with Gasteiger partial charge < -0.3 is 14.6 Å². The minimum absolute atomic E-state index is 0.0493. The van der Waals surface area contributed by atoms with Crippen LogP contribution in [0, 0.1) is 0 Å². The van der Waals surface area contributed by atoms with Crippen molar-refractivity contribution < 1.29 is 29.0 Å². The first-order valence-electron chi connectivity index (χ1n) is 4.77. The number of carboxylic acid groups (broad SMARTS) is 1. The number of hydrogen-bond donors (Lipinski definition) is 1. The zero-order chi connectivity index (χ0) is 13.3. The number of Topliss-reactive ketones (excluding diaryl/α,β-unsaturated/α-hetero) is 1. The van der Waals surface area contributed by atoms with Gasteiger partial charge in [0.2, 0.25) is 0 Å². The van der Waals surface area contributed by atoms with E-state index < -0.39 is 11.9 Å². The van der Waals surface area contributed by atoms with Crippen molar-refractivity contribution in [3.05, 3.63) is 24.3 Å². The Morgan fingerprint density at radius 3 is 2.41 bits per heavy atom. The molecule has 0 spiro atoms. The fraction of sp³-hybridized carbons (Fsp3) is 0.364. The highest BCUT2D eigenvalue weighted by Gasteiger charge is 2.02. The number of esters is 1. The Hall–Kier alpha value is -1.95. The number of carbonyl (C=O) groups is 3. The number of aliphatic carboxylic acids is 1. The largest absolute Gasteiger partial charge is 0.478 e. The number of carbonyl (C=O) groups excluding carboxylic acids is 2. The van der Waals surface area contributed by atoms with Crippen molar-refractivity contribution in [1.29, 1.82) is 0 Å². The molecule has 0 rings (SSSR count). The molecule has 0 aromatic rings. The summed E-state index contributed by atoms with van der Waals surface area (Å²) in [5, 5.41) is 8.22. The quantitative estimate of drug-likeness (QED) is 0.375. The van der Waals surface area contributed by atoms with Crippen molar-refractivity contribution in [2.75, 3.05) is 19.8 Å². The van der Waals surface area contributed by atoms with E-state index in [0.29, 0.717) is 11.6 Å². The highest BCUT2D eigenvalue weighted by molar-refractivity contribution is 5.95. The molecular formula is C11H14O6. The van der Waals surface area contributed by atoms with E-state index in [1.807, 2.05) is 0 Å². The van der Waals surface area contributed by atoms with E-state index in [4.69, 9.17) is 9.84 Å². The van der Waals surface area contributed by atoms with Gasteiger partial charge in [-0.15, -0.1) is 0 Å². The molecule has 0 aromatic carbocycles. The van der Waals surface area contributed by atoms with Crippen LogP contribution in [0.3, 0.4) is 0 Å². The minimum atomic E-state index is -1.23. The molecule has 0 fully saturated rings. The van der Waals surface area contributed by atoms with Crippen LogP contribution >= 0.6 is 0 Å². The second-order valence-electron chi connectivity index (χ2n) is 3.10. The van der Waals surface area contributed by atoms with E-state index in [1.54, 1.807) is 6.92 Å². The van der Waals surface area contributed by atoms with Gasteiger partial charge in [-0.05, 0) is 12.5 Å². The Kier molecular flexibility index (Phi) is 7.29. The van der Waals surface area contributed by atoms with Crippen molar-refractivity contribution >= 4 is 17.7 Å². The van der Waals surface area contributed by atoms with E-state index in [9.17, 15) is 14.4 Å². The van der Waals surface area contributed by atoms with Gasteiger partial charge in [-0.1, -0.05) is 6.58 Å². The van der Waals surface area contributed by atoms with Gasteiger partial charge in [-0.2, -0.15) is 0 Å². The van der Waals surface area contributed by atoms with Gasteiger partial charge in [-0.3, -0.25) is 4.79 Å². The van der Waals surface area contributed by atoms with Crippen LogP contribution in [0.1, 0.15) is 6.92 Å². The van der Waals surface area contributed by atoms with Crippen LogP contribution in [0.15, 0.2) is 24.3 Å². The van der Waals surface area contributed by atoms with Gasteiger partial charge in [0, 0.05) is 12.2 Å². The Morgan fingerprint density at radius 1 is 1.24 bits per heavy atom. The Balaban J connectivity index is 3.59. The van der Waals surface area contributed by atoms with Crippen LogP contribution in [0.4, 0.5) is 0 Å². The maximum atomic E-state index is 11.0. The third-order valence-electron chi connectivity index (χ3n) is 1.54. The highest BCUT2D eigenvalue weighted by Crippen LogP contribution is 1.91. The number of ketones is 1. The zero-order valence-electron chi connectivity index (χ0n) is 9.47. The molecule has 0 amide bonds. The van der Waals surface area contributed by atoms with Gasteiger partial charge in [0.15, 0.2) is 5.78 Å². The fourth-order valence-electron chi connectivity index (χ4n) is 0.677. The Bertz CT molecular complexity index is 342. The number of ether oxygens (including phenoxy) is 2. The summed E-state index contributed by atoms with van der Waals surface area (Å²) < 4.78 is 9.49. The second kappa shape index (κ2) is 8.23. The van der Waals surface area contributed by atoms with Crippen LogP contribution in [-0.4, -0.2) is 42.6 Å². The number of rotatable bonds is 8. The molecule has 0 radical (unpaired) electrons. The summed E-state index contributed by atoms with van der Waals surface area (Å²) in [7, 11) is 0. The summed E-state index contributed by atoms with van der Waals surface area (Å²) in [4.78, 5) is 31.9. The maximum Gasteiger partial charge on any atom is 0.331 e. The molecule has 0 bridgehead atoms. The monoisotopic (exact) mass is 242 g/mol. The van der Waals surface area contributed by atoms with Crippen molar-refractivity contribution in [2.45, 2.75) is 6.92 Å². The van der Waals surface area contributed by atoms with Crippen molar-refractivity contribution in [3.63, 3.8) is 0 Å². The number of hydrogen-bond acceptors (Lipinski definition) is 5. The summed E-state index contributed by atoms with van der Waals surface area (Å²) in [6.45, 7) is 4.91. The maximum absolute atomic E-state index is 11.0. The van der Waals surface area contributed by atoms with E-state index in [0.717, 1.165) is 6.08 Å². The van der Waals surface area contributed by atoms with Crippen LogP contribution in [0.2, 0.25) is 0 Å². The Morgan fingerprint density at radius 2 is 1.88 bits per heavy atom. The van der Waals surface area contributed by atoms with Crippen LogP contribution in [-0.2, 0) is 23.9 Å². The predicted octanol–water partition coefficient (Wildman–Crippen LogP) is 0.332. The van der Waals surface area contributed by atoms with E-state index in [1.165, 1.54) is 0 Å². The molecule has 0 aliphatic heterocycles. The predicted molar refractivity (Wildman–Crippen MR) is 58.4 cm³/mol. The van der Waals surface area contributed by atoms with Crippen molar-refractivity contribution in [1.82, 2.24) is 0 Å². The van der Waals surface area contributed by atoms with Crippen molar-refractivity contribution in [2.24, 2.45) is 0 Å². The van der Waals surface area contributed by atoms with Gasteiger partial charge in [0.1, 0.15) is 13.2 Å². The molecule has 1 N–H and O–H groups in total. The minimum Gasteiger partial charge on any atom is -0.478 e. The summed E-state index contributed by atoms with van der Waals surface area (Å²) in [5.74, 6) is -2.23. The smallest absolute Gasteiger partial charge is 0.331 e. The molecule has 17 heavy (non-hydrogen) atoms. The fourth-order valence-corrected chi connectivity index (χ4v) is 0.677. The first-order chi connectivity index (χ1) is 7.93. The average Bonchev–Trinajstić information content (AvgIpc) is 2.25. The molecule has 6 heteroatoms. The second-order valence-corrected chi connectivity index (χ2v) is 3.10. The van der Waals surface area contributed by atoms with Crippen molar-refractivity contribution in [3.8, 4) is 0 Å². The third-order valence-corrected chi connectivity index (χ3v) is 1.54. The molecule has 94 valence electrons. The number of carboxylic acids is 1. The molecule has 0 unspecified atom stereocenters. The molecule has 0 aliphatic carbocycles. The normalized spacial score (nSPS) is 10.2. The molecule has 0 saturated carbocycles. The first kappa shape index (κ1) is 15.0. The standard InChI is InChI=1S/C11H14O6/c1-8(2)9(12)7-16-5-6-17-11(15)4-3-10(13)14/h3-4H,1,5-7H2,2H3,(H,13,14)/b4-3-. The topological polar surface area (TPSA) is 89.9 Å². The average molecular weight is 242 g/mol. The molecule has 6 nitrogen and oxygen atoms in total. The third kappa shape index (κ3) is 9.01. The summed E-state index contributed by atoms with van der Waals surface area (Å²) in [6, 6.07) is 0. The molecule has 0 aliphatic rings. The molecule has 0 heterocycles. The lowest BCUT2D eigenvalue weighted by atomic mass is 10.2. The van der Waals surface area contributed by atoms with E-state index >= 15 is 0 Å². The molecule has 0 aromatic heterocycles. The van der Waals surface area contributed by atoms with Gasteiger partial charge in [0.25, 0.3) is 0 Å². The molecule has 0 saturated heterocycles. The molecular weight excluding hydrogens is 228 g/mol. The first-order valence-corrected chi connectivity index (χ1v) is 4.77. The van der Waals surface area contributed by atoms with Gasteiger partial charge >= 0.3 is 11.9 Å². The SMILES string of the molecule is C=C(C)C(=O)COCCOC(=O)/C=C\C(=O)O. The molecule has 0 atom stereocenters. The summed E-state index contributed by atoms with van der Waals surface area (Å²) in [6.07, 6.45) is 1.47. The Labute approximate surface area is 98.5 Å². The van der Waals surface area contributed by atoms with E-state index in [-0.39, 0.29) is 25.6 Å². The lowest BCUT2D eigenvalue weighted by molar-refractivity contribution is -0.140. The highest BCUT2D eigenvalue weighted by atomic mass is 16.6. The van der Waals surface area contributed by atoms with Gasteiger partial charge in [0.05, 0.1) is 6.61 Å². The zero-order valence-corrected chi connectivity index (χ0v) is 9.47. The lowest BCUT2D eigenvalue weighted by Gasteiger charge is -2.03. The summed E-state index contributed by atoms with van der Waals surface area (Å²) >= 11 is 0. The van der Waals surface area contributed by atoms with Crippen LogP contribution < -0.4 is 0 Å². The van der Waals surface area contributed by atoms with Crippen LogP contribution in [0.25, 0.3) is 0 Å². The van der Waals surface area contributed by atoms with E-state index in [2.05, 4.69) is 11.3 Å². The van der Waals surface area contributed by atoms with Gasteiger partial charge in [-0.25, -0.2) is 9.59 Å². The van der Waals surface area contributed by atoms with Crippen LogP contribution in [0.5, 0.6) is 0 Å². The summed E-state index contributed by atoms with van der Waals surface area (Å²) in [5.41, 5.74) is 0.395. The lowest BCUT2D eigenvalue weighted by Crippen LogP contribution is -2.14.